The van der Waals surface area contributed by atoms with Gasteiger partial charge in [-0.1, -0.05) is 0 Å². The molecule has 0 bridgehead atoms. The van der Waals surface area contributed by atoms with Crippen molar-refractivity contribution >= 4 is 5.69 Å². The lowest BCUT2D eigenvalue weighted by Gasteiger charge is -2.24. The molecule has 1 aliphatic rings. The Labute approximate surface area is 108 Å². The van der Waals surface area contributed by atoms with E-state index < -0.39 is 16.9 Å². The van der Waals surface area contributed by atoms with Gasteiger partial charge in [0, 0.05) is 18.7 Å². The maximum absolute atomic E-state index is 12.9. The lowest BCUT2D eigenvalue weighted by Crippen LogP contribution is -2.37. The molecule has 1 aromatic carbocycles. The van der Waals surface area contributed by atoms with Crippen molar-refractivity contribution in [2.75, 3.05) is 13.1 Å². The minimum absolute atomic E-state index is 0.0225. The van der Waals surface area contributed by atoms with Crippen LogP contribution in [0, 0.1) is 10.1 Å². The molecule has 0 spiro atoms. The fraction of sp³-hybridized carbons (Fsp3) is 0.500. The summed E-state index contributed by atoms with van der Waals surface area (Å²) in [5.74, 6) is 0.0225. The first-order valence-corrected chi connectivity index (χ1v) is 6.02. The summed E-state index contributed by atoms with van der Waals surface area (Å²) in [6.45, 7) is 1.49. The number of rotatable bonds is 4. The van der Waals surface area contributed by atoms with E-state index in [1.165, 1.54) is 12.1 Å². The summed E-state index contributed by atoms with van der Waals surface area (Å²) in [6, 6.07) is 3.29. The normalized spacial score (nSPS) is 19.4. The molecule has 2 rings (SSSR count). The number of piperidine rings is 1. The van der Waals surface area contributed by atoms with Crippen LogP contribution >= 0.6 is 0 Å². The monoisotopic (exact) mass is 272 g/mol. The number of nitrogens with zero attached hydrogens (tertiary/aromatic N) is 1. The Balaban J connectivity index is 2.20. The molecule has 104 valence electrons. The molecular formula is C12H14F2N2O3. The van der Waals surface area contributed by atoms with Gasteiger partial charge in [0.05, 0.1) is 10.5 Å². The minimum atomic E-state index is -2.80. The average Bonchev–Trinajstić information content (AvgIpc) is 2.39. The predicted molar refractivity (Wildman–Crippen MR) is 64.6 cm³/mol. The number of nitro benzene ring substituents is 1. The van der Waals surface area contributed by atoms with Crippen molar-refractivity contribution < 1.29 is 18.4 Å². The van der Waals surface area contributed by atoms with Gasteiger partial charge in [0.1, 0.15) is 11.9 Å². The Morgan fingerprint density at radius 1 is 1.47 bits per heavy atom. The molecule has 1 aliphatic heterocycles. The maximum atomic E-state index is 12.9. The second-order valence-corrected chi connectivity index (χ2v) is 4.37. The van der Waals surface area contributed by atoms with Crippen LogP contribution in [0.5, 0.6) is 5.75 Å². The van der Waals surface area contributed by atoms with Crippen molar-refractivity contribution in [3.05, 3.63) is 33.9 Å². The van der Waals surface area contributed by atoms with Crippen LogP contribution in [0.25, 0.3) is 0 Å². The highest BCUT2D eigenvalue weighted by Gasteiger charge is 2.22. The summed E-state index contributed by atoms with van der Waals surface area (Å²) in [4.78, 5) is 9.89. The number of non-ortho nitro benzene ring substituents is 1. The fourth-order valence-electron chi connectivity index (χ4n) is 2.03. The van der Waals surface area contributed by atoms with Gasteiger partial charge >= 0.3 is 0 Å². The minimum Gasteiger partial charge on any atom is -0.489 e. The van der Waals surface area contributed by atoms with Crippen LogP contribution in [-0.4, -0.2) is 24.1 Å². The van der Waals surface area contributed by atoms with E-state index in [4.69, 9.17) is 4.74 Å². The SMILES string of the molecule is O=[N+]([O-])c1ccc(O[C@H]2CCCNC2)c(C(F)F)c1. The number of benzene rings is 1. The van der Waals surface area contributed by atoms with Crippen molar-refractivity contribution in [2.24, 2.45) is 0 Å². The van der Waals surface area contributed by atoms with E-state index in [-0.39, 0.29) is 17.5 Å². The van der Waals surface area contributed by atoms with E-state index in [1.54, 1.807) is 0 Å². The number of nitro groups is 1. The third-order valence-corrected chi connectivity index (χ3v) is 2.98. The second-order valence-electron chi connectivity index (χ2n) is 4.37. The molecule has 1 heterocycles. The Morgan fingerprint density at radius 3 is 2.84 bits per heavy atom. The lowest BCUT2D eigenvalue weighted by molar-refractivity contribution is -0.385. The number of halogens is 2. The molecule has 0 unspecified atom stereocenters. The molecule has 19 heavy (non-hydrogen) atoms. The van der Waals surface area contributed by atoms with Crippen LogP contribution in [0.1, 0.15) is 24.8 Å². The van der Waals surface area contributed by atoms with Gasteiger partial charge in [-0.15, -0.1) is 0 Å². The Kier molecular flexibility index (Phi) is 4.26. The molecule has 1 saturated heterocycles. The zero-order valence-corrected chi connectivity index (χ0v) is 10.1. The van der Waals surface area contributed by atoms with Crippen molar-refractivity contribution in [3.8, 4) is 5.75 Å². The quantitative estimate of drug-likeness (QED) is 0.676. The number of alkyl halides is 2. The Hall–Kier alpha value is -1.76. The molecule has 7 heteroatoms. The molecule has 0 saturated carbocycles. The Morgan fingerprint density at radius 2 is 2.26 bits per heavy atom. The summed E-state index contributed by atoms with van der Waals surface area (Å²) < 4.78 is 31.3. The fourth-order valence-corrected chi connectivity index (χ4v) is 2.03. The van der Waals surface area contributed by atoms with Crippen LogP contribution in [0.2, 0.25) is 0 Å². The van der Waals surface area contributed by atoms with Gasteiger partial charge in [-0.3, -0.25) is 10.1 Å². The van der Waals surface area contributed by atoms with E-state index in [9.17, 15) is 18.9 Å². The van der Waals surface area contributed by atoms with Crippen LogP contribution in [0.4, 0.5) is 14.5 Å². The van der Waals surface area contributed by atoms with E-state index in [2.05, 4.69) is 5.32 Å². The molecule has 0 aromatic heterocycles. The summed E-state index contributed by atoms with van der Waals surface area (Å²) in [5, 5.41) is 13.7. The van der Waals surface area contributed by atoms with Gasteiger partial charge in [-0.2, -0.15) is 0 Å². The first-order chi connectivity index (χ1) is 9.08. The third-order valence-electron chi connectivity index (χ3n) is 2.98. The molecule has 0 amide bonds. The zero-order chi connectivity index (χ0) is 13.8. The van der Waals surface area contributed by atoms with Gasteiger partial charge in [0.2, 0.25) is 0 Å². The molecule has 0 radical (unpaired) electrons. The zero-order valence-electron chi connectivity index (χ0n) is 10.1. The van der Waals surface area contributed by atoms with Crippen LogP contribution < -0.4 is 10.1 Å². The summed E-state index contributed by atoms with van der Waals surface area (Å²) in [7, 11) is 0. The smallest absolute Gasteiger partial charge is 0.270 e. The standard InChI is InChI=1S/C12H14F2N2O3/c13-12(14)10-6-8(16(17)18)3-4-11(10)19-9-2-1-5-15-7-9/h3-4,6,9,12,15H,1-2,5,7H2/t9-/m0/s1. The highest BCUT2D eigenvalue weighted by Crippen LogP contribution is 2.33. The van der Waals surface area contributed by atoms with Gasteiger partial charge in [0.25, 0.3) is 12.1 Å². The predicted octanol–water partition coefficient (Wildman–Crippen LogP) is 2.66. The number of hydrogen-bond donors (Lipinski definition) is 1. The summed E-state index contributed by atoms with van der Waals surface area (Å²) in [5.41, 5.74) is -0.788. The topological polar surface area (TPSA) is 64.4 Å². The number of nitrogens with one attached hydrogen (secondary N) is 1. The summed E-state index contributed by atoms with van der Waals surface area (Å²) >= 11 is 0. The van der Waals surface area contributed by atoms with Gasteiger partial charge in [-0.25, -0.2) is 8.78 Å². The lowest BCUT2D eigenvalue weighted by atomic mass is 10.1. The van der Waals surface area contributed by atoms with Gasteiger partial charge in [0.15, 0.2) is 0 Å². The molecular weight excluding hydrogens is 258 g/mol. The second kappa shape index (κ2) is 5.92. The van der Waals surface area contributed by atoms with Crippen molar-refractivity contribution in [3.63, 3.8) is 0 Å². The molecule has 1 aromatic rings. The number of hydrogen-bond acceptors (Lipinski definition) is 4. The van der Waals surface area contributed by atoms with Gasteiger partial charge in [-0.05, 0) is 25.5 Å². The van der Waals surface area contributed by atoms with Crippen molar-refractivity contribution in [1.29, 1.82) is 0 Å². The number of ether oxygens (including phenoxy) is 1. The van der Waals surface area contributed by atoms with Crippen LogP contribution in [-0.2, 0) is 0 Å². The van der Waals surface area contributed by atoms with E-state index in [1.807, 2.05) is 0 Å². The molecule has 0 aliphatic carbocycles. The highest BCUT2D eigenvalue weighted by molar-refractivity contribution is 5.44. The highest BCUT2D eigenvalue weighted by atomic mass is 19.3. The largest absolute Gasteiger partial charge is 0.489 e. The first kappa shape index (κ1) is 13.7. The van der Waals surface area contributed by atoms with Crippen molar-refractivity contribution in [2.45, 2.75) is 25.4 Å². The van der Waals surface area contributed by atoms with E-state index in [0.29, 0.717) is 6.54 Å². The van der Waals surface area contributed by atoms with E-state index >= 15 is 0 Å². The molecule has 5 nitrogen and oxygen atoms in total. The van der Waals surface area contributed by atoms with E-state index in [0.717, 1.165) is 25.5 Å². The van der Waals surface area contributed by atoms with Crippen LogP contribution in [0.3, 0.4) is 0 Å². The van der Waals surface area contributed by atoms with Crippen LogP contribution in [0.15, 0.2) is 18.2 Å². The molecule has 1 N–H and O–H groups in total. The van der Waals surface area contributed by atoms with Gasteiger partial charge < -0.3 is 10.1 Å². The maximum Gasteiger partial charge on any atom is 0.270 e. The Bertz CT molecular complexity index is 462. The van der Waals surface area contributed by atoms with Crippen molar-refractivity contribution in [1.82, 2.24) is 5.32 Å². The summed E-state index contributed by atoms with van der Waals surface area (Å²) in [6.07, 6.45) is -1.27. The molecule has 1 atom stereocenters. The third kappa shape index (κ3) is 3.37. The average molecular weight is 272 g/mol. The molecule has 1 fully saturated rings. The first-order valence-electron chi connectivity index (χ1n) is 6.02.